The highest BCUT2D eigenvalue weighted by atomic mass is 16.5. The summed E-state index contributed by atoms with van der Waals surface area (Å²) in [4.78, 5) is 16.7. The van der Waals surface area contributed by atoms with Crippen LogP contribution in [-0.4, -0.2) is 38.8 Å². The maximum atomic E-state index is 12.3. The fraction of sp³-hybridized carbons (Fsp3) is 0.429. The lowest BCUT2D eigenvalue weighted by Crippen LogP contribution is -2.28. The number of ether oxygens (including phenoxy) is 4. The fourth-order valence-corrected chi connectivity index (χ4v) is 3.36. The maximum Gasteiger partial charge on any atom is 0.258 e. The number of carbonyl (C=O) groups is 1. The highest BCUT2D eigenvalue weighted by Gasteiger charge is 2.16. The molecule has 0 saturated carbocycles. The summed E-state index contributed by atoms with van der Waals surface area (Å²) in [5.41, 5.74) is 3.05. The number of hydrogen-bond donors (Lipinski definition) is 1. The van der Waals surface area contributed by atoms with Gasteiger partial charge in [-0.05, 0) is 49.4 Å². The molecule has 0 spiro atoms. The number of nitrogens with zero attached hydrogens (tertiary/aromatic N) is 1. The molecule has 0 bridgehead atoms. The molecular weight excluding hydrogens is 360 g/mol. The quantitative estimate of drug-likeness (QED) is 0.752. The van der Waals surface area contributed by atoms with Crippen LogP contribution in [0.5, 0.6) is 23.0 Å². The van der Waals surface area contributed by atoms with Gasteiger partial charge in [0.15, 0.2) is 18.1 Å². The lowest BCUT2D eigenvalue weighted by atomic mass is 9.95. The summed E-state index contributed by atoms with van der Waals surface area (Å²) >= 11 is 0. The van der Waals surface area contributed by atoms with E-state index in [1.807, 2.05) is 18.2 Å². The lowest BCUT2D eigenvalue weighted by molar-refractivity contribution is -0.123. The van der Waals surface area contributed by atoms with Gasteiger partial charge in [-0.3, -0.25) is 9.78 Å². The summed E-state index contributed by atoms with van der Waals surface area (Å²) in [6.45, 7) is 0.286. The molecule has 0 radical (unpaired) electrons. The van der Waals surface area contributed by atoms with E-state index < -0.39 is 0 Å². The molecule has 0 saturated heterocycles. The Labute approximate surface area is 165 Å². The third-order valence-corrected chi connectivity index (χ3v) is 4.77. The van der Waals surface area contributed by atoms with Crippen molar-refractivity contribution in [1.29, 1.82) is 0 Å². The van der Waals surface area contributed by atoms with Crippen LogP contribution in [0.15, 0.2) is 24.4 Å². The summed E-state index contributed by atoms with van der Waals surface area (Å²) in [5, 5.41) is 2.86. The largest absolute Gasteiger partial charge is 0.493 e. The fourth-order valence-electron chi connectivity index (χ4n) is 3.36. The summed E-state index contributed by atoms with van der Waals surface area (Å²) < 4.78 is 21.7. The molecule has 0 fully saturated rings. The van der Waals surface area contributed by atoms with Crippen LogP contribution in [0, 0.1) is 0 Å². The normalized spacial score (nSPS) is 12.7. The number of rotatable bonds is 8. The molecule has 0 unspecified atom stereocenters. The van der Waals surface area contributed by atoms with Crippen molar-refractivity contribution in [2.75, 3.05) is 27.9 Å². The molecule has 28 heavy (non-hydrogen) atoms. The van der Waals surface area contributed by atoms with Crippen molar-refractivity contribution in [2.45, 2.75) is 32.2 Å². The first-order valence-electron chi connectivity index (χ1n) is 9.31. The number of pyridine rings is 1. The molecule has 1 aliphatic carbocycles. The van der Waals surface area contributed by atoms with Crippen molar-refractivity contribution in [1.82, 2.24) is 10.3 Å². The van der Waals surface area contributed by atoms with Gasteiger partial charge in [0.05, 0.1) is 21.3 Å². The summed E-state index contributed by atoms with van der Waals surface area (Å²) in [7, 11) is 4.67. The van der Waals surface area contributed by atoms with Gasteiger partial charge < -0.3 is 24.3 Å². The van der Waals surface area contributed by atoms with E-state index in [1.165, 1.54) is 0 Å². The molecule has 1 aromatic carbocycles. The second kappa shape index (κ2) is 9.30. The predicted octanol–water partition coefficient (Wildman–Crippen LogP) is 2.68. The van der Waals surface area contributed by atoms with Gasteiger partial charge in [-0.1, -0.05) is 0 Å². The second-order valence-corrected chi connectivity index (χ2v) is 6.54. The predicted molar refractivity (Wildman–Crippen MR) is 104 cm³/mol. The number of hydrogen-bond acceptors (Lipinski definition) is 6. The molecule has 1 heterocycles. The van der Waals surface area contributed by atoms with Crippen molar-refractivity contribution >= 4 is 5.91 Å². The van der Waals surface area contributed by atoms with E-state index in [9.17, 15) is 4.79 Å². The van der Waals surface area contributed by atoms with E-state index in [1.54, 1.807) is 27.5 Å². The number of aromatic nitrogens is 1. The monoisotopic (exact) mass is 386 g/mol. The van der Waals surface area contributed by atoms with E-state index in [0.29, 0.717) is 23.8 Å². The molecule has 7 nitrogen and oxygen atoms in total. The summed E-state index contributed by atoms with van der Waals surface area (Å²) in [6, 6.07) is 5.44. The van der Waals surface area contributed by atoms with Crippen molar-refractivity contribution < 1.29 is 23.7 Å². The Kier molecular flexibility index (Phi) is 6.57. The van der Waals surface area contributed by atoms with Crippen molar-refractivity contribution in [3.8, 4) is 23.0 Å². The van der Waals surface area contributed by atoms with Gasteiger partial charge in [-0.2, -0.15) is 0 Å². The van der Waals surface area contributed by atoms with Crippen LogP contribution in [0.3, 0.4) is 0 Å². The number of nitrogens with one attached hydrogen (secondary N) is 1. The minimum atomic E-state index is -0.199. The number of amides is 1. The van der Waals surface area contributed by atoms with Gasteiger partial charge in [-0.25, -0.2) is 0 Å². The molecule has 0 aliphatic heterocycles. The topological polar surface area (TPSA) is 78.9 Å². The minimum absolute atomic E-state index is 0.0408. The number of methoxy groups -OCH3 is 3. The lowest BCUT2D eigenvalue weighted by Gasteiger charge is -2.18. The van der Waals surface area contributed by atoms with Gasteiger partial charge in [0.25, 0.3) is 5.91 Å². The third-order valence-electron chi connectivity index (χ3n) is 4.77. The maximum absolute atomic E-state index is 12.3. The SMILES string of the molecule is COc1cc(CNC(=O)COc2ccnc3c2CCCC3)cc(OC)c1OC. The second-order valence-electron chi connectivity index (χ2n) is 6.54. The van der Waals surface area contributed by atoms with Crippen molar-refractivity contribution in [3.63, 3.8) is 0 Å². The van der Waals surface area contributed by atoms with E-state index in [2.05, 4.69) is 10.3 Å². The Morgan fingerprint density at radius 2 is 1.75 bits per heavy atom. The Morgan fingerprint density at radius 3 is 2.43 bits per heavy atom. The first-order valence-corrected chi connectivity index (χ1v) is 9.31. The molecule has 1 amide bonds. The molecule has 1 aliphatic rings. The molecule has 1 N–H and O–H groups in total. The standard InChI is InChI=1S/C21H26N2O5/c1-25-18-10-14(11-19(26-2)21(18)27-3)12-23-20(24)13-28-17-8-9-22-16-7-5-4-6-15(16)17/h8-11H,4-7,12-13H2,1-3H3,(H,23,24). The molecule has 7 heteroatoms. The summed E-state index contributed by atoms with van der Waals surface area (Å²) in [6.07, 6.45) is 5.94. The molecule has 2 aromatic rings. The first-order chi connectivity index (χ1) is 13.7. The van der Waals surface area contributed by atoms with E-state index in [-0.39, 0.29) is 12.5 Å². The van der Waals surface area contributed by atoms with Crippen LogP contribution in [0.1, 0.15) is 29.7 Å². The first kappa shape index (κ1) is 19.8. The highest BCUT2D eigenvalue weighted by molar-refractivity contribution is 5.77. The van der Waals surface area contributed by atoms with Gasteiger partial charge >= 0.3 is 0 Å². The zero-order chi connectivity index (χ0) is 19.9. The van der Waals surface area contributed by atoms with Gasteiger partial charge in [-0.15, -0.1) is 0 Å². The van der Waals surface area contributed by atoms with Gasteiger partial charge in [0.1, 0.15) is 5.75 Å². The zero-order valence-corrected chi connectivity index (χ0v) is 16.5. The van der Waals surface area contributed by atoms with Crippen LogP contribution in [0.4, 0.5) is 0 Å². The van der Waals surface area contributed by atoms with Crippen LogP contribution < -0.4 is 24.3 Å². The minimum Gasteiger partial charge on any atom is -0.493 e. The van der Waals surface area contributed by atoms with Crippen molar-refractivity contribution in [3.05, 3.63) is 41.2 Å². The third kappa shape index (κ3) is 4.47. The number of aryl methyl sites for hydroxylation is 1. The zero-order valence-electron chi connectivity index (χ0n) is 16.5. The molecule has 1 aromatic heterocycles. The van der Waals surface area contributed by atoms with E-state index in [0.717, 1.165) is 48.3 Å². The van der Waals surface area contributed by atoms with E-state index in [4.69, 9.17) is 18.9 Å². The molecule has 0 atom stereocenters. The Morgan fingerprint density at radius 1 is 1.04 bits per heavy atom. The average Bonchev–Trinajstić information content (AvgIpc) is 2.75. The Bertz CT molecular complexity index is 813. The smallest absolute Gasteiger partial charge is 0.258 e. The number of fused-ring (bicyclic) bond motifs is 1. The number of carbonyl (C=O) groups excluding carboxylic acids is 1. The summed E-state index contributed by atoms with van der Waals surface area (Å²) in [5.74, 6) is 2.17. The van der Waals surface area contributed by atoms with Crippen LogP contribution in [-0.2, 0) is 24.2 Å². The van der Waals surface area contributed by atoms with E-state index >= 15 is 0 Å². The average molecular weight is 386 g/mol. The van der Waals surface area contributed by atoms with Crippen molar-refractivity contribution in [2.24, 2.45) is 0 Å². The number of benzene rings is 1. The van der Waals surface area contributed by atoms with Crippen LogP contribution >= 0.6 is 0 Å². The molecular formula is C21H26N2O5. The molecule has 150 valence electrons. The van der Waals surface area contributed by atoms with Crippen LogP contribution in [0.2, 0.25) is 0 Å². The van der Waals surface area contributed by atoms with Gasteiger partial charge in [0.2, 0.25) is 5.75 Å². The highest BCUT2D eigenvalue weighted by Crippen LogP contribution is 2.38. The van der Waals surface area contributed by atoms with Crippen LogP contribution in [0.25, 0.3) is 0 Å². The Balaban J connectivity index is 1.59. The Hall–Kier alpha value is -2.96. The molecule has 3 rings (SSSR count). The van der Waals surface area contributed by atoms with Gasteiger partial charge in [0, 0.05) is 24.0 Å².